The Morgan fingerprint density at radius 3 is 1.58 bits per heavy atom. The van der Waals surface area contributed by atoms with Gasteiger partial charge in [-0.3, -0.25) is 48.1 Å². The van der Waals surface area contributed by atoms with Crippen molar-refractivity contribution in [3.63, 3.8) is 0 Å². The fraction of sp³-hybridized carbons (Fsp3) is 0.639. The molecule has 25 heteroatoms. The van der Waals surface area contributed by atoms with E-state index >= 15 is 9.59 Å². The summed E-state index contributed by atoms with van der Waals surface area (Å²) in [4.78, 5) is 155. The Hall–Kier alpha value is -7.35. The molecule has 3 saturated carbocycles. The molecule has 1 unspecified atom stereocenters. The summed E-state index contributed by atoms with van der Waals surface area (Å²) >= 11 is 1.45. The average Bonchev–Trinajstić information content (AvgIpc) is 1.95. The lowest BCUT2D eigenvalue weighted by Crippen LogP contribution is -2.56. The zero-order valence-corrected chi connectivity index (χ0v) is 58.8. The molecular weight excluding hydrogens is 1260 g/mol. The highest BCUT2D eigenvalue weighted by molar-refractivity contribution is 7.98. The lowest BCUT2D eigenvalue weighted by atomic mass is 9.93. The zero-order chi connectivity index (χ0) is 69.9. The zero-order valence-electron chi connectivity index (χ0n) is 58.0. The molecule has 3 fully saturated rings. The summed E-state index contributed by atoms with van der Waals surface area (Å²) in [6.07, 6.45) is 17.2. The molecule has 1 heterocycles. The first-order valence-electron chi connectivity index (χ1n) is 35.3. The first-order valence-corrected chi connectivity index (χ1v) is 36.7. The van der Waals surface area contributed by atoms with Gasteiger partial charge in [-0.2, -0.15) is 11.8 Å². The number of carboxylic acid groups (broad SMARTS) is 1. The van der Waals surface area contributed by atoms with Gasteiger partial charge < -0.3 is 64.9 Å². The predicted octanol–water partition coefficient (Wildman–Crippen LogP) is 6.20. The van der Waals surface area contributed by atoms with Crippen LogP contribution in [0, 0.1) is 5.92 Å². The predicted molar refractivity (Wildman–Crippen MR) is 374 cm³/mol. The smallest absolute Gasteiger partial charge is 0.326 e. The number of nitrogens with zero attached hydrogens (tertiary/aromatic N) is 8. The molecule has 24 nitrogen and oxygen atoms in total. The summed E-state index contributed by atoms with van der Waals surface area (Å²) in [5.74, 6) is -5.43. The van der Waals surface area contributed by atoms with Gasteiger partial charge in [-0.15, -0.1) is 0 Å². The van der Waals surface area contributed by atoms with Gasteiger partial charge >= 0.3 is 5.97 Å². The number of carbonyl (C=O) groups is 10. The molecule has 2 aromatic carbocycles. The van der Waals surface area contributed by atoms with E-state index in [0.717, 1.165) is 80.2 Å². The number of unbranched alkanes of at least 4 members (excludes halogenated alkanes) is 1. The van der Waals surface area contributed by atoms with Gasteiger partial charge in [0.25, 0.3) is 0 Å². The van der Waals surface area contributed by atoms with E-state index in [9.17, 15) is 43.5 Å². The Morgan fingerprint density at radius 2 is 1.06 bits per heavy atom. The number of furan rings is 1. The number of hydrogen-bond acceptors (Lipinski definition) is 15. The van der Waals surface area contributed by atoms with Gasteiger partial charge in [-0.05, 0) is 126 Å². The second kappa shape index (κ2) is 43.1. The first kappa shape index (κ1) is 78.6. The van der Waals surface area contributed by atoms with E-state index in [2.05, 4.69) is 10.6 Å². The molecule has 0 spiro atoms. The maximum Gasteiger partial charge on any atom is 0.326 e. The molecule has 1 atom stereocenters. The van der Waals surface area contributed by atoms with Gasteiger partial charge in [-0.25, -0.2) is 4.79 Å². The number of amides is 9. The second-order valence-electron chi connectivity index (χ2n) is 26.3. The molecule has 5 N–H and O–H groups in total. The quantitative estimate of drug-likeness (QED) is 0.0363. The van der Waals surface area contributed by atoms with E-state index in [1.165, 1.54) is 48.6 Å². The van der Waals surface area contributed by atoms with E-state index in [-0.39, 0.29) is 101 Å². The second-order valence-corrected chi connectivity index (χ2v) is 27.3. The van der Waals surface area contributed by atoms with Crippen molar-refractivity contribution in [1.82, 2.24) is 44.9 Å². The molecule has 9 amide bonds. The van der Waals surface area contributed by atoms with Crippen LogP contribution in [0.2, 0.25) is 0 Å². The van der Waals surface area contributed by atoms with Crippen LogP contribution in [0.15, 0.2) is 83.5 Å². The number of hydrogen-bond donors (Lipinski definition) is 4. The van der Waals surface area contributed by atoms with Crippen LogP contribution in [0.5, 0.6) is 0 Å². The minimum absolute atomic E-state index is 0.00735. The maximum absolute atomic E-state index is 15.2. The summed E-state index contributed by atoms with van der Waals surface area (Å²) in [6, 6.07) is 20.6. The van der Waals surface area contributed by atoms with Crippen molar-refractivity contribution in [3.8, 4) is 0 Å². The molecule has 536 valence electrons. The number of ether oxygens (including phenoxy) is 1. The molecule has 0 bridgehead atoms. The topological polar surface area (TPSA) is 289 Å². The SMILES string of the molecule is CCOCN(CC(=O)N(CC(=O)N(CC(=O)N(CC(=O)N(CCCCN)CC(=O)NC(CCSC)C(=O)O)C1CCCCC1)C1CCCCC1)c1ccco1)C(=O)CN(CC(C)C)C(=O)CN(C(=O)CN(CCc1ccccc1)C(=O)CNCCc1ccccc1)C1CCCCC1. The largest absolute Gasteiger partial charge is 0.480 e. The average molecular weight is 1370 g/mol. The Morgan fingerprint density at radius 1 is 0.567 bits per heavy atom. The van der Waals surface area contributed by atoms with Crippen LogP contribution in [0.4, 0.5) is 5.88 Å². The first-order chi connectivity index (χ1) is 46.9. The number of carboxylic acids is 1. The fourth-order valence-electron chi connectivity index (χ4n) is 13.0. The number of anilines is 1. The van der Waals surface area contributed by atoms with Gasteiger partial charge in [0.05, 0.1) is 32.4 Å². The van der Waals surface area contributed by atoms with Crippen molar-refractivity contribution >= 4 is 76.8 Å². The highest BCUT2D eigenvalue weighted by Gasteiger charge is 2.38. The molecule has 6 rings (SSSR count). The number of nitrogens with one attached hydrogen (secondary N) is 2. The van der Waals surface area contributed by atoms with Gasteiger partial charge in [0.2, 0.25) is 59.0 Å². The molecule has 97 heavy (non-hydrogen) atoms. The number of benzene rings is 2. The van der Waals surface area contributed by atoms with Crippen LogP contribution < -0.4 is 21.3 Å². The van der Waals surface area contributed by atoms with Gasteiger partial charge in [-0.1, -0.05) is 132 Å². The summed E-state index contributed by atoms with van der Waals surface area (Å²) in [5.41, 5.74) is 7.96. The number of rotatable bonds is 42. The highest BCUT2D eigenvalue weighted by atomic mass is 32.2. The molecule has 0 aliphatic heterocycles. The summed E-state index contributed by atoms with van der Waals surface area (Å²) in [7, 11) is 0. The number of nitrogens with two attached hydrogens (primary N) is 1. The lowest BCUT2D eigenvalue weighted by Gasteiger charge is -2.39. The van der Waals surface area contributed by atoms with E-state index in [0.29, 0.717) is 76.6 Å². The van der Waals surface area contributed by atoms with E-state index < -0.39 is 92.1 Å². The Kier molecular flexibility index (Phi) is 35.0. The van der Waals surface area contributed by atoms with Gasteiger partial charge in [0.15, 0.2) is 0 Å². The number of thioether (sulfide) groups is 1. The summed E-state index contributed by atoms with van der Waals surface area (Å²) in [6.45, 7) is 3.38. The van der Waals surface area contributed by atoms with Crippen LogP contribution in [0.3, 0.4) is 0 Å². The van der Waals surface area contributed by atoms with Crippen LogP contribution in [-0.4, -0.2) is 240 Å². The summed E-state index contributed by atoms with van der Waals surface area (Å²) in [5, 5.41) is 15.7. The monoisotopic (exact) mass is 1370 g/mol. The minimum atomic E-state index is -1.19. The van der Waals surface area contributed by atoms with E-state index in [4.69, 9.17) is 14.9 Å². The van der Waals surface area contributed by atoms with Crippen LogP contribution >= 0.6 is 11.8 Å². The fourth-order valence-corrected chi connectivity index (χ4v) is 13.5. The standard InChI is InChI=1S/C72H109N11O13S/c1-5-95-54-79(64(86)47-78(45-55(2)3)66(88)51-80(58-28-15-8-16-29-58)67(89)48-77(41-36-57-26-13-7-14-27-57)63(85)44-74-39-35-56-24-11-6-12-25-56)49-68(90)83(71-34-23-42-96-71)53-70(92)82(60-32-19-10-20-33-60)52-69(91)81(59-30-17-9-18-31-59)50-65(87)76(40-22-21-38-73)46-62(84)75-61(72(93)94)37-43-97-4/h6-7,11-14,23-27,34,42,55,58-61,74H,5,8-10,15-22,28-33,35-41,43-54,73H2,1-4H3,(H,75,84)(H,93,94). The van der Waals surface area contributed by atoms with Crippen molar-refractivity contribution in [2.45, 2.75) is 173 Å². The van der Waals surface area contributed by atoms with Gasteiger partial charge in [0, 0.05) is 50.4 Å². The molecule has 0 radical (unpaired) electrons. The van der Waals surface area contributed by atoms with Crippen LogP contribution in [0.1, 0.15) is 147 Å². The van der Waals surface area contributed by atoms with E-state index in [1.807, 2.05) is 80.8 Å². The van der Waals surface area contributed by atoms with Gasteiger partial charge in [0.1, 0.15) is 45.5 Å². The molecule has 3 aliphatic rings. The van der Waals surface area contributed by atoms with Crippen molar-refractivity contribution in [1.29, 1.82) is 0 Å². The Bertz CT molecular complexity index is 2910. The maximum atomic E-state index is 15.2. The molecule has 3 aliphatic carbocycles. The molecule has 1 aromatic heterocycles. The molecular formula is C72H109N11O13S. The number of carbonyl (C=O) groups excluding carboxylic acids is 9. The minimum Gasteiger partial charge on any atom is -0.480 e. The third-order valence-corrected chi connectivity index (χ3v) is 19.0. The lowest BCUT2D eigenvalue weighted by molar-refractivity contribution is -0.150. The Labute approximate surface area is 578 Å². The van der Waals surface area contributed by atoms with Crippen molar-refractivity contribution < 1.29 is 62.2 Å². The van der Waals surface area contributed by atoms with Crippen LogP contribution in [0.25, 0.3) is 0 Å². The van der Waals surface area contributed by atoms with E-state index in [1.54, 1.807) is 22.8 Å². The summed E-state index contributed by atoms with van der Waals surface area (Å²) < 4.78 is 11.6. The third kappa shape index (κ3) is 27.1. The normalized spacial score (nSPS) is 14.8. The molecule has 3 aromatic rings. The van der Waals surface area contributed by atoms with Crippen molar-refractivity contribution in [2.24, 2.45) is 11.7 Å². The van der Waals surface area contributed by atoms with Crippen LogP contribution in [-0.2, 0) is 65.5 Å². The highest BCUT2D eigenvalue weighted by Crippen LogP contribution is 2.28. The van der Waals surface area contributed by atoms with Crippen molar-refractivity contribution in [2.75, 3.05) is 122 Å². The van der Waals surface area contributed by atoms with Crippen molar-refractivity contribution in [3.05, 3.63) is 90.2 Å². The third-order valence-electron chi connectivity index (χ3n) is 18.4. The number of aliphatic carboxylic acids is 1. The molecule has 0 saturated heterocycles. The Balaban J connectivity index is 1.20.